The van der Waals surface area contributed by atoms with Crippen LogP contribution in [0.25, 0.3) is 0 Å². The monoisotopic (exact) mass is 166 g/mol. The summed E-state index contributed by atoms with van der Waals surface area (Å²) in [4.78, 5) is 1.33. The molecule has 1 aliphatic heterocycles. The number of halogens is 3. The lowest BCUT2D eigenvalue weighted by Crippen LogP contribution is -2.31. The van der Waals surface area contributed by atoms with E-state index in [2.05, 4.69) is 4.74 Å². The molecule has 0 N–H and O–H groups in total. The molecule has 2 nitrogen and oxygen atoms in total. The van der Waals surface area contributed by atoms with Crippen LogP contribution in [0.4, 0.5) is 13.2 Å². The van der Waals surface area contributed by atoms with Crippen LogP contribution in [0.15, 0.2) is 12.2 Å². The van der Waals surface area contributed by atoms with Crippen LogP contribution in [-0.2, 0) is 4.74 Å². The lowest BCUT2D eigenvalue weighted by molar-refractivity contribution is -0.348. The van der Waals surface area contributed by atoms with E-state index in [1.54, 1.807) is 0 Å². The van der Waals surface area contributed by atoms with Crippen LogP contribution in [0.3, 0.4) is 0 Å². The van der Waals surface area contributed by atoms with Gasteiger partial charge in [-0.25, -0.2) is 0 Å². The molecule has 0 spiro atoms. The molecule has 11 heavy (non-hydrogen) atoms. The molecule has 0 saturated carbocycles. The first-order valence-electron chi connectivity index (χ1n) is 2.97. The molecular weight excluding hydrogens is 159 g/mol. The zero-order chi connectivity index (χ0) is 8.48. The molecule has 0 amide bonds. The van der Waals surface area contributed by atoms with Crippen LogP contribution >= 0.6 is 0 Å². The predicted molar refractivity (Wildman–Crippen MR) is 32.1 cm³/mol. The van der Waals surface area contributed by atoms with Gasteiger partial charge >= 0.3 is 6.36 Å². The molecule has 0 aromatic rings. The Kier molecular flexibility index (Phi) is 2.20. The number of nitrogens with zero attached hydrogens (tertiary/aromatic N) is 1. The van der Waals surface area contributed by atoms with Gasteiger partial charge in [-0.3, -0.25) is 9.64 Å². The molecule has 1 atom stereocenters. The second-order valence-electron chi connectivity index (χ2n) is 2.15. The molecule has 1 aliphatic rings. The summed E-state index contributed by atoms with van der Waals surface area (Å²) in [5.74, 6) is 0. The van der Waals surface area contributed by atoms with Crippen molar-refractivity contribution in [3.8, 4) is 0 Å². The number of rotatable bonds is 1. The van der Waals surface area contributed by atoms with Gasteiger partial charge in [-0.15, -0.1) is 13.2 Å². The molecule has 1 rings (SSSR count). The zero-order valence-electron chi connectivity index (χ0n) is 5.80. The van der Waals surface area contributed by atoms with Crippen LogP contribution < -0.4 is 0 Å². The Morgan fingerprint density at radius 3 is 2.45 bits per heavy atom. The van der Waals surface area contributed by atoms with Crippen molar-refractivity contribution < 1.29 is 17.9 Å². The van der Waals surface area contributed by atoms with Gasteiger partial charge in [-0.1, -0.05) is 6.08 Å². The lowest BCUT2D eigenvalue weighted by Gasteiger charge is -2.19. The fraction of sp³-hybridized carbons (Fsp3) is 0.500. The molecular formula is C6H7F3NO. The Bertz CT molecular complexity index is 166. The summed E-state index contributed by atoms with van der Waals surface area (Å²) in [7, 11) is 1.51. The molecule has 1 heterocycles. The van der Waals surface area contributed by atoms with E-state index in [1.807, 2.05) is 0 Å². The fourth-order valence-electron chi connectivity index (χ4n) is 0.760. The van der Waals surface area contributed by atoms with Crippen LogP contribution in [-0.4, -0.2) is 24.5 Å². The van der Waals surface area contributed by atoms with E-state index in [4.69, 9.17) is 0 Å². The van der Waals surface area contributed by atoms with Crippen molar-refractivity contribution in [1.82, 2.24) is 4.90 Å². The summed E-state index contributed by atoms with van der Waals surface area (Å²) in [5.41, 5.74) is 0. The van der Waals surface area contributed by atoms with E-state index < -0.39 is 12.6 Å². The summed E-state index contributed by atoms with van der Waals surface area (Å²) in [6.45, 7) is 1.51. The molecule has 0 fully saturated rings. The van der Waals surface area contributed by atoms with Gasteiger partial charge in [0.1, 0.15) is 6.23 Å². The van der Waals surface area contributed by atoms with Gasteiger partial charge in [0.2, 0.25) is 0 Å². The first-order valence-corrected chi connectivity index (χ1v) is 2.97. The van der Waals surface area contributed by atoms with Gasteiger partial charge in [-0.05, 0) is 13.1 Å². The maximum atomic E-state index is 11.6. The number of hydrogen-bond donors (Lipinski definition) is 0. The van der Waals surface area contributed by atoms with Crippen LogP contribution in [0.5, 0.6) is 0 Å². The van der Waals surface area contributed by atoms with E-state index >= 15 is 0 Å². The Morgan fingerprint density at radius 2 is 2.09 bits per heavy atom. The predicted octanol–water partition coefficient (Wildman–Crippen LogP) is 1.51. The molecule has 5 heteroatoms. The van der Waals surface area contributed by atoms with Gasteiger partial charge in [0, 0.05) is 6.54 Å². The molecule has 1 unspecified atom stereocenters. The smallest absolute Gasteiger partial charge is 0.269 e. The molecule has 0 saturated heterocycles. The summed E-state index contributed by atoms with van der Waals surface area (Å²) in [6.07, 6.45) is -2.74. The van der Waals surface area contributed by atoms with Crippen molar-refractivity contribution in [1.29, 1.82) is 0 Å². The lowest BCUT2D eigenvalue weighted by atomic mass is 10.5. The summed E-state index contributed by atoms with van der Waals surface area (Å²) in [6, 6.07) is 0. The summed E-state index contributed by atoms with van der Waals surface area (Å²) in [5, 5.41) is 0. The second-order valence-corrected chi connectivity index (χ2v) is 2.15. The van der Waals surface area contributed by atoms with E-state index in [0.717, 1.165) is 0 Å². The third-order valence-electron chi connectivity index (χ3n) is 1.25. The maximum Gasteiger partial charge on any atom is 0.524 e. The number of ether oxygens (including phenoxy) is 1. The van der Waals surface area contributed by atoms with Crippen LogP contribution in [0.1, 0.15) is 0 Å². The van der Waals surface area contributed by atoms with Gasteiger partial charge in [0.25, 0.3) is 0 Å². The van der Waals surface area contributed by atoms with Crippen molar-refractivity contribution in [2.75, 3.05) is 7.05 Å². The van der Waals surface area contributed by atoms with Crippen molar-refractivity contribution >= 4 is 0 Å². The van der Waals surface area contributed by atoms with Gasteiger partial charge in [0.05, 0.1) is 0 Å². The SMILES string of the molecule is CN1[CH]C=CC1OC(F)(F)F. The highest BCUT2D eigenvalue weighted by atomic mass is 19.4. The number of hydrogen-bond acceptors (Lipinski definition) is 2. The Hall–Kier alpha value is -0.550. The Morgan fingerprint density at radius 1 is 1.45 bits per heavy atom. The van der Waals surface area contributed by atoms with Gasteiger partial charge in [0.15, 0.2) is 0 Å². The summed E-state index contributed by atoms with van der Waals surface area (Å²) >= 11 is 0. The average molecular weight is 166 g/mol. The maximum absolute atomic E-state index is 11.6. The minimum absolute atomic E-state index is 1.00. The van der Waals surface area contributed by atoms with Gasteiger partial charge in [-0.2, -0.15) is 0 Å². The normalized spacial score (nSPS) is 26.4. The van der Waals surface area contributed by atoms with Crippen LogP contribution in [0, 0.1) is 6.54 Å². The topological polar surface area (TPSA) is 12.5 Å². The van der Waals surface area contributed by atoms with Gasteiger partial charge < -0.3 is 0 Å². The molecule has 0 aromatic heterocycles. The first kappa shape index (κ1) is 8.55. The van der Waals surface area contributed by atoms with E-state index in [1.165, 1.54) is 30.6 Å². The number of alkyl halides is 3. The highest BCUT2D eigenvalue weighted by Gasteiger charge is 2.35. The number of likely N-dealkylation sites (N-methyl/N-ethyl adjacent to an activating group) is 1. The third-order valence-corrected chi connectivity index (χ3v) is 1.25. The first-order chi connectivity index (χ1) is 4.99. The van der Waals surface area contributed by atoms with E-state index in [-0.39, 0.29) is 0 Å². The van der Waals surface area contributed by atoms with Crippen molar-refractivity contribution in [2.24, 2.45) is 0 Å². The largest absolute Gasteiger partial charge is 0.524 e. The molecule has 0 aromatic carbocycles. The minimum Gasteiger partial charge on any atom is -0.269 e. The van der Waals surface area contributed by atoms with Crippen LogP contribution in [0.2, 0.25) is 0 Å². The quantitative estimate of drug-likeness (QED) is 0.585. The third kappa shape index (κ3) is 2.51. The minimum atomic E-state index is -4.57. The highest BCUT2D eigenvalue weighted by Crippen LogP contribution is 2.23. The fourth-order valence-corrected chi connectivity index (χ4v) is 0.760. The Labute approximate surface area is 62.2 Å². The Balaban J connectivity index is 2.43. The standard InChI is InChI=1S/C6H7F3NO/c1-10-4-2-3-5(10)11-6(7,8)9/h2-5H,1H3. The molecule has 1 radical (unpaired) electrons. The summed E-state index contributed by atoms with van der Waals surface area (Å²) < 4.78 is 38.5. The van der Waals surface area contributed by atoms with Crippen molar-refractivity contribution in [3.05, 3.63) is 18.7 Å². The molecule has 0 aliphatic carbocycles. The van der Waals surface area contributed by atoms with E-state index in [0.29, 0.717) is 0 Å². The van der Waals surface area contributed by atoms with Crippen molar-refractivity contribution in [2.45, 2.75) is 12.6 Å². The molecule has 63 valence electrons. The highest BCUT2D eigenvalue weighted by molar-refractivity contribution is 5.06. The van der Waals surface area contributed by atoms with Crippen molar-refractivity contribution in [3.63, 3.8) is 0 Å². The molecule has 0 bridgehead atoms. The van der Waals surface area contributed by atoms with E-state index in [9.17, 15) is 13.2 Å². The second kappa shape index (κ2) is 2.83. The zero-order valence-corrected chi connectivity index (χ0v) is 5.80. The average Bonchev–Trinajstić information content (AvgIpc) is 2.12.